The number of nitriles is 1. The number of allylic oxidation sites excluding steroid dienone is 1. The molecule has 30 heavy (non-hydrogen) atoms. The fraction of sp³-hybridized carbons (Fsp3) is 0.320. The van der Waals surface area contributed by atoms with Gasteiger partial charge in [-0.2, -0.15) is 5.26 Å². The minimum absolute atomic E-state index is 0.0481. The summed E-state index contributed by atoms with van der Waals surface area (Å²) >= 11 is 0. The largest absolute Gasteiger partial charge is 0.463 e. The Labute approximate surface area is 177 Å². The Morgan fingerprint density at radius 1 is 1.13 bits per heavy atom. The molecule has 0 aliphatic carbocycles. The van der Waals surface area contributed by atoms with Gasteiger partial charge in [0.1, 0.15) is 0 Å². The van der Waals surface area contributed by atoms with Crippen molar-refractivity contribution in [3.05, 3.63) is 82.6 Å². The van der Waals surface area contributed by atoms with Gasteiger partial charge in [0.15, 0.2) is 0 Å². The van der Waals surface area contributed by atoms with E-state index in [2.05, 4.69) is 6.07 Å². The molecule has 0 bridgehead atoms. The van der Waals surface area contributed by atoms with E-state index in [1.165, 1.54) is 0 Å². The van der Waals surface area contributed by atoms with Crippen molar-refractivity contribution >= 4 is 11.9 Å². The second kappa shape index (κ2) is 9.89. The van der Waals surface area contributed by atoms with Gasteiger partial charge in [-0.15, -0.1) is 0 Å². The van der Waals surface area contributed by atoms with Gasteiger partial charge in [-0.1, -0.05) is 61.9 Å². The van der Waals surface area contributed by atoms with Crippen LogP contribution in [0.3, 0.4) is 0 Å². The molecule has 1 heterocycles. The molecule has 5 nitrogen and oxygen atoms in total. The normalized spacial score (nSPS) is 16.4. The zero-order chi connectivity index (χ0) is 21.5. The summed E-state index contributed by atoms with van der Waals surface area (Å²) in [4.78, 5) is 27.9. The van der Waals surface area contributed by atoms with Crippen LogP contribution in [0.25, 0.3) is 0 Å². The zero-order valence-corrected chi connectivity index (χ0v) is 17.4. The molecule has 5 heteroatoms. The third-order valence-corrected chi connectivity index (χ3v) is 5.32. The summed E-state index contributed by atoms with van der Waals surface area (Å²) in [5.41, 5.74) is 3.49. The van der Waals surface area contributed by atoms with Gasteiger partial charge in [-0.05, 0) is 30.5 Å². The molecule has 0 spiro atoms. The highest BCUT2D eigenvalue weighted by atomic mass is 16.5. The molecule has 1 aliphatic heterocycles. The number of hydrogen-bond donors (Lipinski definition) is 0. The monoisotopic (exact) mass is 402 g/mol. The third kappa shape index (κ3) is 4.44. The summed E-state index contributed by atoms with van der Waals surface area (Å²) in [6.07, 6.45) is 1.56. The van der Waals surface area contributed by atoms with Crippen LogP contribution < -0.4 is 0 Å². The van der Waals surface area contributed by atoms with Crippen molar-refractivity contribution in [2.24, 2.45) is 0 Å². The van der Waals surface area contributed by atoms with Crippen molar-refractivity contribution in [1.29, 1.82) is 5.26 Å². The Bertz CT molecular complexity index is 989. The fourth-order valence-electron chi connectivity index (χ4n) is 3.95. The van der Waals surface area contributed by atoms with Crippen LogP contribution in [-0.2, 0) is 20.9 Å². The van der Waals surface area contributed by atoms with Gasteiger partial charge >= 0.3 is 5.97 Å². The number of amides is 1. The van der Waals surface area contributed by atoms with Crippen LogP contribution in [0.1, 0.15) is 55.7 Å². The van der Waals surface area contributed by atoms with Crippen molar-refractivity contribution in [1.82, 2.24) is 4.90 Å². The first-order valence-corrected chi connectivity index (χ1v) is 10.3. The van der Waals surface area contributed by atoms with Crippen LogP contribution in [0.15, 0.2) is 65.9 Å². The maximum absolute atomic E-state index is 13.3. The Hall–Kier alpha value is -3.39. The first kappa shape index (κ1) is 21.3. The Balaban J connectivity index is 2.12. The first-order chi connectivity index (χ1) is 14.6. The van der Waals surface area contributed by atoms with Crippen LogP contribution >= 0.6 is 0 Å². The predicted molar refractivity (Wildman–Crippen MR) is 114 cm³/mol. The maximum Gasteiger partial charge on any atom is 0.336 e. The minimum atomic E-state index is -0.374. The lowest BCUT2D eigenvalue weighted by molar-refractivity contribution is -0.140. The molecule has 1 amide bonds. The van der Waals surface area contributed by atoms with Crippen molar-refractivity contribution in [3.63, 3.8) is 0 Å². The number of ether oxygens (including phenoxy) is 1. The number of carbonyl (C=O) groups is 2. The molecule has 0 radical (unpaired) electrons. The van der Waals surface area contributed by atoms with Crippen molar-refractivity contribution in [2.75, 3.05) is 6.61 Å². The average molecular weight is 402 g/mol. The van der Waals surface area contributed by atoms with Gasteiger partial charge < -0.3 is 9.64 Å². The lowest BCUT2D eigenvalue weighted by atomic mass is 9.82. The number of hydrogen-bond acceptors (Lipinski definition) is 4. The Morgan fingerprint density at radius 2 is 1.83 bits per heavy atom. The van der Waals surface area contributed by atoms with E-state index in [1.807, 2.05) is 49.4 Å². The second-order valence-electron chi connectivity index (χ2n) is 7.25. The molecular formula is C25H26N2O3. The number of carbonyl (C=O) groups excluding carboxylic acids is 2. The van der Waals surface area contributed by atoms with Gasteiger partial charge in [0.2, 0.25) is 5.91 Å². The molecule has 3 rings (SSSR count). The van der Waals surface area contributed by atoms with E-state index in [0.717, 1.165) is 17.5 Å². The topological polar surface area (TPSA) is 70.4 Å². The lowest BCUT2D eigenvalue weighted by Crippen LogP contribution is -2.39. The number of nitrogens with zero attached hydrogens (tertiary/aromatic N) is 2. The molecule has 1 atom stereocenters. The molecule has 2 aromatic carbocycles. The van der Waals surface area contributed by atoms with Crippen molar-refractivity contribution in [2.45, 2.75) is 45.6 Å². The summed E-state index contributed by atoms with van der Waals surface area (Å²) in [6.45, 7) is 4.34. The van der Waals surface area contributed by atoms with Crippen LogP contribution in [0, 0.1) is 11.3 Å². The Morgan fingerprint density at radius 3 is 2.50 bits per heavy atom. The maximum atomic E-state index is 13.3. The van der Waals surface area contributed by atoms with Crippen LogP contribution in [0.5, 0.6) is 0 Å². The van der Waals surface area contributed by atoms with E-state index < -0.39 is 0 Å². The molecule has 0 saturated heterocycles. The number of rotatable bonds is 7. The smallest absolute Gasteiger partial charge is 0.336 e. The lowest BCUT2D eigenvalue weighted by Gasteiger charge is -2.36. The molecule has 1 aliphatic rings. The molecule has 2 aromatic rings. The second-order valence-corrected chi connectivity index (χ2v) is 7.25. The van der Waals surface area contributed by atoms with Gasteiger partial charge in [0, 0.05) is 18.0 Å². The van der Waals surface area contributed by atoms with E-state index in [4.69, 9.17) is 4.74 Å². The summed E-state index contributed by atoms with van der Waals surface area (Å²) < 4.78 is 5.40. The molecule has 0 fully saturated rings. The van der Waals surface area contributed by atoms with E-state index in [9.17, 15) is 14.9 Å². The highest BCUT2D eigenvalue weighted by Crippen LogP contribution is 2.39. The average Bonchev–Trinajstić information content (AvgIpc) is 2.77. The molecular weight excluding hydrogens is 376 g/mol. The molecule has 0 saturated carbocycles. The van der Waals surface area contributed by atoms with Crippen LogP contribution in [0.4, 0.5) is 0 Å². The predicted octanol–water partition coefficient (Wildman–Crippen LogP) is 4.69. The highest BCUT2D eigenvalue weighted by Gasteiger charge is 2.38. The van der Waals surface area contributed by atoms with Crippen molar-refractivity contribution in [3.8, 4) is 6.07 Å². The van der Waals surface area contributed by atoms with Gasteiger partial charge in [0.05, 0.1) is 30.4 Å². The molecule has 0 aromatic heterocycles. The van der Waals surface area contributed by atoms with Crippen molar-refractivity contribution < 1.29 is 14.3 Å². The van der Waals surface area contributed by atoms with Gasteiger partial charge in [-0.3, -0.25) is 4.79 Å². The number of benzene rings is 2. The quantitative estimate of drug-likeness (QED) is 0.630. The van der Waals surface area contributed by atoms with Crippen LogP contribution in [0.2, 0.25) is 0 Å². The zero-order valence-electron chi connectivity index (χ0n) is 17.4. The van der Waals surface area contributed by atoms with E-state index >= 15 is 0 Å². The van der Waals surface area contributed by atoms with Crippen LogP contribution in [-0.4, -0.2) is 23.4 Å². The summed E-state index contributed by atoms with van der Waals surface area (Å²) in [5, 5.41) is 9.44. The van der Waals surface area contributed by atoms with Gasteiger partial charge in [0.25, 0.3) is 0 Å². The summed E-state index contributed by atoms with van der Waals surface area (Å²) in [7, 11) is 0. The van der Waals surface area contributed by atoms with E-state index in [0.29, 0.717) is 23.3 Å². The molecule has 154 valence electrons. The SMILES string of the molecule is CCCC1=C(C(=O)OCC)C(c2ccccc2)CC(=O)N1Cc1ccccc1C#N. The summed E-state index contributed by atoms with van der Waals surface area (Å²) in [6, 6.07) is 19.1. The minimum Gasteiger partial charge on any atom is -0.463 e. The third-order valence-electron chi connectivity index (χ3n) is 5.32. The Kier molecular flexibility index (Phi) is 7.03. The summed E-state index contributed by atoms with van der Waals surface area (Å²) in [5.74, 6) is -0.754. The van der Waals surface area contributed by atoms with Gasteiger partial charge in [-0.25, -0.2) is 4.79 Å². The van der Waals surface area contributed by atoms with E-state index in [-0.39, 0.29) is 37.4 Å². The standard InChI is InChI=1S/C25H26N2O3/c1-3-10-22-24(25(29)30-4-2)21(18-11-6-5-7-12-18)15-23(28)27(22)17-20-14-9-8-13-19(20)16-26/h5-9,11-14,21H,3-4,10,15,17H2,1-2H3. The fourth-order valence-corrected chi connectivity index (χ4v) is 3.95. The molecule has 0 N–H and O–H groups in total. The molecule has 1 unspecified atom stereocenters. The first-order valence-electron chi connectivity index (χ1n) is 10.3. The number of esters is 1. The van der Waals surface area contributed by atoms with E-state index in [1.54, 1.807) is 24.0 Å². The highest BCUT2D eigenvalue weighted by molar-refractivity contribution is 5.96.